The quantitative estimate of drug-likeness (QED) is 0.299. The van der Waals surface area contributed by atoms with E-state index in [1.807, 2.05) is 0 Å². The second kappa shape index (κ2) is 12.5. The molecule has 0 atom stereocenters. The lowest BCUT2D eigenvalue weighted by atomic mass is 10.2. The lowest BCUT2D eigenvalue weighted by Gasteiger charge is -2.12. The number of nitrogens with zero attached hydrogens (tertiary/aromatic N) is 2. The lowest BCUT2D eigenvalue weighted by Crippen LogP contribution is -2.35. The number of carbonyl (C=O) groups excluding carboxylic acids is 2. The molecule has 2 rings (SSSR count). The summed E-state index contributed by atoms with van der Waals surface area (Å²) in [6, 6.07) is 6.50. The Balaban J connectivity index is 2.02. The number of hydrogen-bond donors (Lipinski definition) is 2. The van der Waals surface area contributed by atoms with Gasteiger partial charge >= 0.3 is 11.8 Å². The van der Waals surface area contributed by atoms with E-state index < -0.39 is 11.8 Å². The van der Waals surface area contributed by atoms with E-state index in [-0.39, 0.29) is 0 Å². The molecule has 0 aromatic heterocycles. The highest BCUT2D eigenvalue weighted by molar-refractivity contribution is 6.35. The molecule has 0 radical (unpaired) electrons. The van der Waals surface area contributed by atoms with Crippen LogP contribution in [0.15, 0.2) is 34.5 Å². The van der Waals surface area contributed by atoms with Crippen molar-refractivity contribution in [1.82, 2.24) is 10.9 Å². The van der Waals surface area contributed by atoms with Crippen LogP contribution in [0.3, 0.4) is 0 Å². The number of nitrogens with one attached hydrogen (secondary N) is 2. The van der Waals surface area contributed by atoms with E-state index in [0.717, 1.165) is 0 Å². The number of hydrogen-bond acceptors (Lipinski definition) is 10. The highest BCUT2D eigenvalue weighted by Gasteiger charge is 2.15. The van der Waals surface area contributed by atoms with Crippen LogP contribution in [-0.2, 0) is 9.59 Å². The molecule has 0 spiro atoms. The minimum Gasteiger partial charge on any atom is -0.493 e. The van der Waals surface area contributed by atoms with Gasteiger partial charge in [-0.15, -0.1) is 0 Å². The van der Waals surface area contributed by atoms with Crippen LogP contribution in [0.1, 0.15) is 11.1 Å². The molecule has 12 nitrogen and oxygen atoms in total. The Hall–Kier alpha value is -4.48. The molecule has 0 aliphatic heterocycles. The minimum absolute atomic E-state index is 0.411. The molecule has 2 amide bonds. The third-order valence-corrected chi connectivity index (χ3v) is 4.34. The standard InChI is InChI=1S/C22H26N4O8/c1-29-15-7-13(8-16(30-2)19(15)33-5)11-23-25-21(27)22(28)26-24-12-14-9-17(31-3)20(34-6)18(10-14)32-4/h7-12H,1-6H3,(H,25,27)(H,26,28)/b23-11+,24-12+. The van der Waals surface area contributed by atoms with Gasteiger partial charge in [-0.25, -0.2) is 10.9 Å². The van der Waals surface area contributed by atoms with E-state index >= 15 is 0 Å². The Bertz CT molecular complexity index is 949. The van der Waals surface area contributed by atoms with Gasteiger partial charge in [0.2, 0.25) is 11.5 Å². The van der Waals surface area contributed by atoms with Gasteiger partial charge in [-0.3, -0.25) is 9.59 Å². The summed E-state index contributed by atoms with van der Waals surface area (Å²) in [5, 5.41) is 7.53. The molecule has 2 aromatic rings. The molecular formula is C22H26N4O8. The second-order valence-corrected chi connectivity index (χ2v) is 6.32. The van der Waals surface area contributed by atoms with Gasteiger partial charge in [0.05, 0.1) is 55.1 Å². The van der Waals surface area contributed by atoms with E-state index in [4.69, 9.17) is 28.4 Å². The van der Waals surface area contributed by atoms with Crippen molar-refractivity contribution in [1.29, 1.82) is 0 Å². The fraction of sp³-hybridized carbons (Fsp3) is 0.273. The number of carbonyl (C=O) groups is 2. The minimum atomic E-state index is -1.02. The molecule has 12 heteroatoms. The molecule has 182 valence electrons. The maximum atomic E-state index is 12.0. The van der Waals surface area contributed by atoms with E-state index in [1.54, 1.807) is 24.3 Å². The maximum Gasteiger partial charge on any atom is 0.331 e. The molecule has 2 N–H and O–H groups in total. The van der Waals surface area contributed by atoms with Crippen molar-refractivity contribution in [2.24, 2.45) is 10.2 Å². The van der Waals surface area contributed by atoms with Gasteiger partial charge in [0.1, 0.15) is 0 Å². The average molecular weight is 474 g/mol. The summed E-state index contributed by atoms with van der Waals surface area (Å²) in [6.07, 6.45) is 2.63. The number of rotatable bonds is 10. The third kappa shape index (κ3) is 6.28. The zero-order valence-corrected chi connectivity index (χ0v) is 19.6. The first-order chi connectivity index (χ1) is 16.4. The van der Waals surface area contributed by atoms with Crippen molar-refractivity contribution in [2.75, 3.05) is 42.7 Å². The molecule has 0 bridgehead atoms. The van der Waals surface area contributed by atoms with E-state index in [2.05, 4.69) is 21.1 Å². The summed E-state index contributed by atoms with van der Waals surface area (Å²) in [6.45, 7) is 0. The van der Waals surface area contributed by atoms with Crippen LogP contribution in [0, 0.1) is 0 Å². The Morgan fingerprint density at radius 1 is 0.588 bits per heavy atom. The van der Waals surface area contributed by atoms with E-state index in [9.17, 15) is 9.59 Å². The number of hydrazone groups is 2. The summed E-state index contributed by atoms with van der Waals surface area (Å²) < 4.78 is 31.5. The number of methoxy groups -OCH3 is 6. The van der Waals surface area contributed by atoms with Crippen molar-refractivity contribution in [2.45, 2.75) is 0 Å². The molecular weight excluding hydrogens is 448 g/mol. The topological polar surface area (TPSA) is 138 Å². The maximum absolute atomic E-state index is 12.0. The summed E-state index contributed by atoms with van der Waals surface area (Å²) in [5.41, 5.74) is 5.29. The second-order valence-electron chi connectivity index (χ2n) is 6.32. The summed E-state index contributed by atoms with van der Waals surface area (Å²) in [5.74, 6) is 0.423. The van der Waals surface area contributed by atoms with Crippen molar-refractivity contribution in [3.63, 3.8) is 0 Å². The van der Waals surface area contributed by atoms with Crippen LogP contribution < -0.4 is 39.3 Å². The number of benzene rings is 2. The van der Waals surface area contributed by atoms with Gasteiger partial charge in [0, 0.05) is 11.1 Å². The third-order valence-electron chi connectivity index (χ3n) is 4.34. The molecule has 0 aliphatic carbocycles. The molecule has 34 heavy (non-hydrogen) atoms. The molecule has 0 saturated heterocycles. The number of ether oxygens (including phenoxy) is 6. The van der Waals surface area contributed by atoms with Gasteiger partial charge in [0.15, 0.2) is 23.0 Å². The van der Waals surface area contributed by atoms with Crippen LogP contribution in [0.2, 0.25) is 0 Å². The van der Waals surface area contributed by atoms with E-state index in [1.165, 1.54) is 55.1 Å². The molecule has 0 aliphatic rings. The number of amides is 2. The van der Waals surface area contributed by atoms with Gasteiger partial charge in [-0.2, -0.15) is 10.2 Å². The fourth-order valence-corrected chi connectivity index (χ4v) is 2.78. The van der Waals surface area contributed by atoms with Crippen LogP contribution in [0.5, 0.6) is 34.5 Å². The zero-order valence-electron chi connectivity index (χ0n) is 19.6. The van der Waals surface area contributed by atoms with Crippen molar-refractivity contribution >= 4 is 24.2 Å². The molecule has 0 unspecified atom stereocenters. The van der Waals surface area contributed by atoms with E-state index in [0.29, 0.717) is 45.6 Å². The normalized spacial score (nSPS) is 10.6. The SMILES string of the molecule is COc1cc(/C=N/NC(=O)C(=O)N/N=C/c2cc(OC)c(OC)c(OC)c2)cc(OC)c1OC. The predicted molar refractivity (Wildman–Crippen MR) is 124 cm³/mol. The molecule has 0 fully saturated rings. The Morgan fingerprint density at radius 3 is 1.12 bits per heavy atom. The van der Waals surface area contributed by atoms with Crippen LogP contribution in [-0.4, -0.2) is 66.9 Å². The zero-order chi connectivity index (χ0) is 25.1. The fourth-order valence-electron chi connectivity index (χ4n) is 2.78. The Morgan fingerprint density at radius 2 is 0.882 bits per heavy atom. The van der Waals surface area contributed by atoms with Crippen molar-refractivity contribution in [3.8, 4) is 34.5 Å². The van der Waals surface area contributed by atoms with Crippen LogP contribution in [0.25, 0.3) is 0 Å². The van der Waals surface area contributed by atoms with Crippen LogP contribution in [0.4, 0.5) is 0 Å². The average Bonchev–Trinajstić information content (AvgIpc) is 2.86. The summed E-state index contributed by atoms with van der Waals surface area (Å²) in [7, 11) is 8.87. The van der Waals surface area contributed by atoms with Crippen LogP contribution >= 0.6 is 0 Å². The van der Waals surface area contributed by atoms with Gasteiger partial charge in [-0.05, 0) is 24.3 Å². The Labute approximate surface area is 196 Å². The monoisotopic (exact) mass is 474 g/mol. The lowest BCUT2D eigenvalue weighted by molar-refractivity contribution is -0.139. The first-order valence-corrected chi connectivity index (χ1v) is 9.68. The molecule has 0 heterocycles. The first-order valence-electron chi connectivity index (χ1n) is 9.68. The molecule has 2 aromatic carbocycles. The largest absolute Gasteiger partial charge is 0.493 e. The first kappa shape index (κ1) is 25.8. The smallest absolute Gasteiger partial charge is 0.331 e. The van der Waals surface area contributed by atoms with Crippen molar-refractivity contribution < 1.29 is 38.0 Å². The van der Waals surface area contributed by atoms with Gasteiger partial charge < -0.3 is 28.4 Å². The summed E-state index contributed by atoms with van der Waals surface area (Å²) in [4.78, 5) is 23.9. The van der Waals surface area contributed by atoms with Gasteiger partial charge in [0.25, 0.3) is 0 Å². The highest BCUT2D eigenvalue weighted by atomic mass is 16.5. The van der Waals surface area contributed by atoms with Gasteiger partial charge in [-0.1, -0.05) is 0 Å². The van der Waals surface area contributed by atoms with Crippen molar-refractivity contribution in [3.05, 3.63) is 35.4 Å². The Kier molecular flexibility index (Phi) is 9.50. The highest BCUT2D eigenvalue weighted by Crippen LogP contribution is 2.38. The summed E-state index contributed by atoms with van der Waals surface area (Å²) >= 11 is 0. The molecule has 0 saturated carbocycles. The predicted octanol–water partition coefficient (Wildman–Crippen LogP) is 1.34.